The van der Waals surface area contributed by atoms with Crippen molar-refractivity contribution in [2.24, 2.45) is 7.05 Å². The molecule has 84 valence electrons. The highest BCUT2D eigenvalue weighted by atomic mass is 79.9. The van der Waals surface area contributed by atoms with E-state index >= 15 is 0 Å². The Hall–Kier alpha value is -1.36. The van der Waals surface area contributed by atoms with Gasteiger partial charge in [0.2, 0.25) is 0 Å². The average molecular weight is 281 g/mol. The van der Waals surface area contributed by atoms with E-state index in [4.69, 9.17) is 0 Å². The van der Waals surface area contributed by atoms with Crippen LogP contribution in [0.15, 0.2) is 29.0 Å². The molecule has 2 aromatic rings. The molecule has 0 unspecified atom stereocenters. The number of halogens is 1. The van der Waals surface area contributed by atoms with Crippen molar-refractivity contribution in [3.63, 3.8) is 0 Å². The van der Waals surface area contributed by atoms with Crippen LogP contribution in [0.25, 0.3) is 0 Å². The molecule has 0 saturated heterocycles. The molecule has 0 amide bonds. The van der Waals surface area contributed by atoms with Crippen LogP contribution in [-0.4, -0.2) is 14.8 Å². The summed E-state index contributed by atoms with van der Waals surface area (Å²) in [7, 11) is 1.94. The Balaban J connectivity index is 2.05. The molecule has 0 saturated carbocycles. The smallest absolute Gasteiger partial charge is 0.127 e. The van der Waals surface area contributed by atoms with Gasteiger partial charge in [0.15, 0.2) is 0 Å². The largest absolute Gasteiger partial charge is 0.366 e. The third-order valence-electron chi connectivity index (χ3n) is 2.51. The summed E-state index contributed by atoms with van der Waals surface area (Å²) >= 11 is 3.34. The van der Waals surface area contributed by atoms with Crippen LogP contribution in [0.2, 0.25) is 0 Å². The number of hydrogen-bond acceptors (Lipinski definition) is 3. The summed E-state index contributed by atoms with van der Waals surface area (Å²) < 4.78 is 2.70. The molecule has 4 nitrogen and oxygen atoms in total. The van der Waals surface area contributed by atoms with Gasteiger partial charge in [-0.1, -0.05) is 6.07 Å². The second-order valence-corrected chi connectivity index (χ2v) is 4.39. The Morgan fingerprint density at radius 3 is 2.88 bits per heavy atom. The van der Waals surface area contributed by atoms with Gasteiger partial charge in [0.1, 0.15) is 10.4 Å². The minimum atomic E-state index is 0.739. The fourth-order valence-electron chi connectivity index (χ4n) is 1.41. The summed E-state index contributed by atoms with van der Waals surface area (Å²) in [5.41, 5.74) is 2.35. The zero-order valence-corrected chi connectivity index (χ0v) is 10.8. The first-order valence-electron chi connectivity index (χ1n) is 5.01. The molecular weight excluding hydrogens is 268 g/mol. The lowest BCUT2D eigenvalue weighted by molar-refractivity contribution is 0.738. The zero-order chi connectivity index (χ0) is 11.5. The summed E-state index contributed by atoms with van der Waals surface area (Å²) in [5.74, 6) is 0.859. The number of nitrogens with one attached hydrogen (secondary N) is 1. The molecule has 0 aliphatic rings. The van der Waals surface area contributed by atoms with Gasteiger partial charge in [-0.05, 0) is 35.0 Å². The third kappa shape index (κ3) is 2.41. The Bertz CT molecular complexity index is 492. The number of nitrogens with zero attached hydrogens (tertiary/aromatic N) is 3. The molecule has 0 aromatic carbocycles. The Labute approximate surface area is 103 Å². The second-order valence-electron chi connectivity index (χ2n) is 3.58. The quantitative estimate of drug-likeness (QED) is 0.879. The first kappa shape index (κ1) is 11.1. The van der Waals surface area contributed by atoms with Crippen LogP contribution in [0.1, 0.15) is 11.3 Å². The second kappa shape index (κ2) is 4.65. The fraction of sp³-hybridized carbons (Fsp3) is 0.273. The van der Waals surface area contributed by atoms with Gasteiger partial charge in [-0.3, -0.25) is 4.68 Å². The Morgan fingerprint density at radius 2 is 2.25 bits per heavy atom. The van der Waals surface area contributed by atoms with Gasteiger partial charge in [0.25, 0.3) is 0 Å². The van der Waals surface area contributed by atoms with Crippen molar-refractivity contribution >= 4 is 21.7 Å². The lowest BCUT2D eigenvalue weighted by atomic mass is 10.2. The summed E-state index contributed by atoms with van der Waals surface area (Å²) in [6, 6.07) is 5.80. The lowest BCUT2D eigenvalue weighted by Gasteiger charge is -2.05. The molecule has 0 aliphatic heterocycles. The maximum absolute atomic E-state index is 4.30. The Kier molecular flexibility index (Phi) is 3.24. The maximum Gasteiger partial charge on any atom is 0.127 e. The molecule has 2 heterocycles. The first-order chi connectivity index (χ1) is 7.66. The van der Waals surface area contributed by atoms with Crippen molar-refractivity contribution in [2.45, 2.75) is 13.5 Å². The molecule has 5 heteroatoms. The summed E-state index contributed by atoms with van der Waals surface area (Å²) in [6.07, 6.45) is 1.88. The molecule has 0 aliphatic carbocycles. The molecule has 1 N–H and O–H groups in total. The van der Waals surface area contributed by atoms with Crippen LogP contribution in [0.3, 0.4) is 0 Å². The van der Waals surface area contributed by atoms with Crippen molar-refractivity contribution in [3.8, 4) is 0 Å². The van der Waals surface area contributed by atoms with E-state index in [2.05, 4.69) is 38.3 Å². The molecule has 0 atom stereocenters. The lowest BCUT2D eigenvalue weighted by Crippen LogP contribution is -2.02. The van der Waals surface area contributed by atoms with E-state index in [1.165, 1.54) is 11.3 Å². The standard InChI is InChI=1S/C11H13BrN4/c1-8-9(7-14-16(8)2)6-13-11-5-3-4-10(12)15-11/h3-5,7H,6H2,1-2H3,(H,13,15). The van der Waals surface area contributed by atoms with Crippen molar-refractivity contribution in [1.82, 2.24) is 14.8 Å². The number of aromatic nitrogens is 3. The molecule has 0 bridgehead atoms. The molecule has 2 rings (SSSR count). The van der Waals surface area contributed by atoms with Crippen LogP contribution >= 0.6 is 15.9 Å². The highest BCUT2D eigenvalue weighted by Crippen LogP contribution is 2.12. The fourth-order valence-corrected chi connectivity index (χ4v) is 1.75. The van der Waals surface area contributed by atoms with Gasteiger partial charge in [-0.25, -0.2) is 4.98 Å². The number of rotatable bonds is 3. The normalized spacial score (nSPS) is 10.4. The van der Waals surface area contributed by atoms with Crippen LogP contribution in [-0.2, 0) is 13.6 Å². The molecule has 2 aromatic heterocycles. The predicted octanol–water partition coefficient (Wildman–Crippen LogP) is 2.50. The number of pyridine rings is 1. The first-order valence-corrected chi connectivity index (χ1v) is 5.80. The van der Waals surface area contributed by atoms with Crippen LogP contribution < -0.4 is 5.32 Å². The number of aryl methyl sites for hydroxylation is 1. The van der Waals surface area contributed by atoms with Crippen molar-refractivity contribution in [3.05, 3.63) is 40.3 Å². The van der Waals surface area contributed by atoms with Gasteiger partial charge in [-0.15, -0.1) is 0 Å². The van der Waals surface area contributed by atoms with E-state index in [9.17, 15) is 0 Å². The van der Waals surface area contributed by atoms with Gasteiger partial charge in [-0.2, -0.15) is 5.10 Å². The van der Waals surface area contributed by atoms with E-state index in [0.717, 1.165) is 17.0 Å². The van der Waals surface area contributed by atoms with E-state index in [1.807, 2.05) is 36.1 Å². The van der Waals surface area contributed by atoms with Crippen LogP contribution in [0.5, 0.6) is 0 Å². The maximum atomic E-state index is 4.30. The topological polar surface area (TPSA) is 42.7 Å². The zero-order valence-electron chi connectivity index (χ0n) is 9.24. The highest BCUT2D eigenvalue weighted by molar-refractivity contribution is 9.10. The van der Waals surface area contributed by atoms with Crippen molar-refractivity contribution < 1.29 is 0 Å². The van der Waals surface area contributed by atoms with Crippen molar-refractivity contribution in [2.75, 3.05) is 5.32 Å². The van der Waals surface area contributed by atoms with Crippen molar-refractivity contribution in [1.29, 1.82) is 0 Å². The summed E-state index contributed by atoms with van der Waals surface area (Å²) in [5, 5.41) is 7.45. The monoisotopic (exact) mass is 280 g/mol. The molecule has 0 spiro atoms. The van der Waals surface area contributed by atoms with Gasteiger partial charge >= 0.3 is 0 Å². The van der Waals surface area contributed by atoms with E-state index in [-0.39, 0.29) is 0 Å². The SMILES string of the molecule is Cc1c(CNc2cccc(Br)n2)cnn1C. The molecule has 16 heavy (non-hydrogen) atoms. The van der Waals surface area contributed by atoms with E-state index in [1.54, 1.807) is 0 Å². The van der Waals surface area contributed by atoms with E-state index in [0.29, 0.717) is 0 Å². The third-order valence-corrected chi connectivity index (χ3v) is 2.95. The molecule has 0 fully saturated rings. The average Bonchev–Trinajstić information content (AvgIpc) is 2.57. The highest BCUT2D eigenvalue weighted by Gasteiger charge is 2.03. The summed E-state index contributed by atoms with van der Waals surface area (Å²) in [4.78, 5) is 4.30. The number of hydrogen-bond donors (Lipinski definition) is 1. The van der Waals surface area contributed by atoms with Gasteiger partial charge in [0, 0.05) is 24.8 Å². The summed E-state index contributed by atoms with van der Waals surface area (Å²) in [6.45, 7) is 2.79. The van der Waals surface area contributed by atoms with Gasteiger partial charge < -0.3 is 5.32 Å². The van der Waals surface area contributed by atoms with E-state index < -0.39 is 0 Å². The minimum Gasteiger partial charge on any atom is -0.366 e. The van der Waals surface area contributed by atoms with Gasteiger partial charge in [0.05, 0.1) is 6.20 Å². The molecule has 0 radical (unpaired) electrons. The predicted molar refractivity (Wildman–Crippen MR) is 67.2 cm³/mol. The molecular formula is C11H13BrN4. The van der Waals surface area contributed by atoms with Crippen LogP contribution in [0, 0.1) is 6.92 Å². The van der Waals surface area contributed by atoms with Crippen LogP contribution in [0.4, 0.5) is 5.82 Å². The minimum absolute atomic E-state index is 0.739. The number of anilines is 1. The Morgan fingerprint density at radius 1 is 1.44 bits per heavy atom.